The van der Waals surface area contributed by atoms with Gasteiger partial charge in [0, 0.05) is 0 Å². The highest BCUT2D eigenvalue weighted by Crippen LogP contribution is 2.25. The van der Waals surface area contributed by atoms with E-state index in [0.29, 0.717) is 0 Å². The highest BCUT2D eigenvalue weighted by Gasteiger charge is 2.22. The molecule has 1 atom stereocenters. The van der Waals surface area contributed by atoms with Gasteiger partial charge in [-0.3, -0.25) is 0 Å². The molecular formula is C11H17NO2. The number of hydrogen-bond acceptors (Lipinski definition) is 3. The van der Waals surface area contributed by atoms with Gasteiger partial charge in [-0.25, -0.2) is 0 Å². The number of rotatable bonds is 3. The standard InChI is InChI=1S/C11H17NO2/c1-3-8-6-9(14)4-5-10(8)11(2,12)7-13/h4-6,13-14H,3,7,12H2,1-2H3. The van der Waals surface area contributed by atoms with E-state index in [-0.39, 0.29) is 12.4 Å². The molecule has 0 saturated heterocycles. The Labute approximate surface area is 84.2 Å². The molecule has 0 bridgehead atoms. The molecule has 3 heteroatoms. The molecule has 14 heavy (non-hydrogen) atoms. The number of hydrogen-bond donors (Lipinski definition) is 3. The summed E-state index contributed by atoms with van der Waals surface area (Å²) in [5.74, 6) is 0.235. The average molecular weight is 195 g/mol. The summed E-state index contributed by atoms with van der Waals surface area (Å²) in [5, 5.41) is 18.5. The lowest BCUT2D eigenvalue weighted by Crippen LogP contribution is -2.37. The van der Waals surface area contributed by atoms with Crippen molar-refractivity contribution in [3.8, 4) is 5.75 Å². The molecule has 0 amide bonds. The maximum absolute atomic E-state index is 9.30. The number of aliphatic hydroxyl groups excluding tert-OH is 1. The second kappa shape index (κ2) is 3.98. The van der Waals surface area contributed by atoms with Crippen molar-refractivity contribution in [1.82, 2.24) is 0 Å². The number of aryl methyl sites for hydroxylation is 1. The smallest absolute Gasteiger partial charge is 0.115 e. The SMILES string of the molecule is CCc1cc(O)ccc1C(C)(N)CO. The summed E-state index contributed by atoms with van der Waals surface area (Å²) < 4.78 is 0. The Morgan fingerprint density at radius 3 is 2.57 bits per heavy atom. The molecule has 0 aliphatic heterocycles. The van der Waals surface area contributed by atoms with Crippen LogP contribution in [0.5, 0.6) is 5.75 Å². The normalized spacial score (nSPS) is 15.1. The maximum Gasteiger partial charge on any atom is 0.115 e. The van der Waals surface area contributed by atoms with Crippen molar-refractivity contribution < 1.29 is 10.2 Å². The van der Waals surface area contributed by atoms with E-state index in [1.54, 1.807) is 25.1 Å². The third kappa shape index (κ3) is 2.05. The molecule has 1 rings (SSSR count). The largest absolute Gasteiger partial charge is 0.508 e. The fraction of sp³-hybridized carbons (Fsp3) is 0.455. The van der Waals surface area contributed by atoms with Gasteiger partial charge < -0.3 is 15.9 Å². The lowest BCUT2D eigenvalue weighted by Gasteiger charge is -2.25. The minimum Gasteiger partial charge on any atom is -0.508 e. The van der Waals surface area contributed by atoms with Crippen molar-refractivity contribution in [3.05, 3.63) is 29.3 Å². The predicted molar refractivity (Wildman–Crippen MR) is 56.1 cm³/mol. The summed E-state index contributed by atoms with van der Waals surface area (Å²) >= 11 is 0. The van der Waals surface area contributed by atoms with Crippen LogP contribution in [-0.2, 0) is 12.0 Å². The molecule has 0 aromatic heterocycles. The molecule has 1 aromatic rings. The van der Waals surface area contributed by atoms with Crippen LogP contribution in [0.4, 0.5) is 0 Å². The molecule has 0 heterocycles. The van der Waals surface area contributed by atoms with Crippen molar-refractivity contribution in [1.29, 1.82) is 0 Å². The zero-order chi connectivity index (χ0) is 10.8. The van der Waals surface area contributed by atoms with Crippen LogP contribution in [0.3, 0.4) is 0 Å². The summed E-state index contributed by atoms with van der Waals surface area (Å²) in [6.45, 7) is 3.66. The van der Waals surface area contributed by atoms with E-state index in [1.807, 2.05) is 6.92 Å². The molecule has 0 aliphatic carbocycles. The second-order valence-corrected chi connectivity index (χ2v) is 3.77. The molecular weight excluding hydrogens is 178 g/mol. The molecule has 0 aliphatic rings. The van der Waals surface area contributed by atoms with Gasteiger partial charge in [0.25, 0.3) is 0 Å². The number of phenols is 1. The monoisotopic (exact) mass is 195 g/mol. The molecule has 4 N–H and O–H groups in total. The van der Waals surface area contributed by atoms with Gasteiger partial charge in [-0.15, -0.1) is 0 Å². The Hall–Kier alpha value is -1.06. The molecule has 0 spiro atoms. The highest BCUT2D eigenvalue weighted by atomic mass is 16.3. The van der Waals surface area contributed by atoms with Crippen molar-refractivity contribution in [2.45, 2.75) is 25.8 Å². The van der Waals surface area contributed by atoms with Crippen LogP contribution in [-0.4, -0.2) is 16.8 Å². The fourth-order valence-electron chi connectivity index (χ4n) is 1.51. The van der Waals surface area contributed by atoms with Crippen molar-refractivity contribution in [3.63, 3.8) is 0 Å². The van der Waals surface area contributed by atoms with Gasteiger partial charge in [0.2, 0.25) is 0 Å². The van der Waals surface area contributed by atoms with Crippen LogP contribution < -0.4 is 5.73 Å². The van der Waals surface area contributed by atoms with E-state index in [9.17, 15) is 5.11 Å². The van der Waals surface area contributed by atoms with Crippen molar-refractivity contribution in [2.24, 2.45) is 5.73 Å². The van der Waals surface area contributed by atoms with E-state index in [0.717, 1.165) is 17.5 Å². The molecule has 1 aromatic carbocycles. The van der Waals surface area contributed by atoms with Gasteiger partial charge in [-0.2, -0.15) is 0 Å². The summed E-state index contributed by atoms with van der Waals surface area (Å²) in [4.78, 5) is 0. The summed E-state index contributed by atoms with van der Waals surface area (Å²) in [7, 11) is 0. The van der Waals surface area contributed by atoms with E-state index < -0.39 is 5.54 Å². The van der Waals surface area contributed by atoms with Crippen LogP contribution in [0.15, 0.2) is 18.2 Å². The maximum atomic E-state index is 9.30. The Balaban J connectivity index is 3.20. The number of aromatic hydroxyl groups is 1. The zero-order valence-electron chi connectivity index (χ0n) is 8.62. The lowest BCUT2D eigenvalue weighted by atomic mass is 9.89. The van der Waals surface area contributed by atoms with Crippen molar-refractivity contribution >= 4 is 0 Å². The van der Waals surface area contributed by atoms with Gasteiger partial charge >= 0.3 is 0 Å². The zero-order valence-corrected chi connectivity index (χ0v) is 8.62. The van der Waals surface area contributed by atoms with Crippen LogP contribution in [0.2, 0.25) is 0 Å². The molecule has 0 fully saturated rings. The fourth-order valence-corrected chi connectivity index (χ4v) is 1.51. The van der Waals surface area contributed by atoms with Gasteiger partial charge in [0.15, 0.2) is 0 Å². The van der Waals surface area contributed by atoms with Crippen LogP contribution in [0.25, 0.3) is 0 Å². The molecule has 3 nitrogen and oxygen atoms in total. The summed E-state index contributed by atoms with van der Waals surface area (Å²) in [5.41, 5.74) is 7.06. The van der Waals surface area contributed by atoms with E-state index in [1.165, 1.54) is 0 Å². The molecule has 1 unspecified atom stereocenters. The quantitative estimate of drug-likeness (QED) is 0.677. The number of nitrogens with two attached hydrogens (primary N) is 1. The van der Waals surface area contributed by atoms with Gasteiger partial charge in [0.1, 0.15) is 5.75 Å². The first-order valence-corrected chi connectivity index (χ1v) is 4.73. The predicted octanol–water partition coefficient (Wildman–Crippen LogP) is 1.12. The molecule has 78 valence electrons. The first-order valence-electron chi connectivity index (χ1n) is 4.73. The summed E-state index contributed by atoms with van der Waals surface area (Å²) in [6.07, 6.45) is 0.788. The Bertz CT molecular complexity index is 321. The van der Waals surface area contributed by atoms with Crippen LogP contribution in [0.1, 0.15) is 25.0 Å². The minimum absolute atomic E-state index is 0.106. The Morgan fingerprint density at radius 1 is 1.43 bits per heavy atom. The topological polar surface area (TPSA) is 66.5 Å². The first-order chi connectivity index (χ1) is 6.51. The third-order valence-corrected chi connectivity index (χ3v) is 2.41. The van der Waals surface area contributed by atoms with Crippen molar-refractivity contribution in [2.75, 3.05) is 6.61 Å². The lowest BCUT2D eigenvalue weighted by molar-refractivity contribution is 0.209. The van der Waals surface area contributed by atoms with E-state index >= 15 is 0 Å². The van der Waals surface area contributed by atoms with Gasteiger partial charge in [0.05, 0.1) is 12.1 Å². The first kappa shape index (κ1) is 11.0. The highest BCUT2D eigenvalue weighted by molar-refractivity contribution is 5.38. The minimum atomic E-state index is -0.737. The number of aliphatic hydroxyl groups is 1. The van der Waals surface area contributed by atoms with Gasteiger partial charge in [-0.1, -0.05) is 13.0 Å². The molecule has 0 radical (unpaired) electrons. The van der Waals surface area contributed by atoms with E-state index in [2.05, 4.69) is 0 Å². The number of benzene rings is 1. The van der Waals surface area contributed by atoms with E-state index in [4.69, 9.17) is 10.8 Å². The number of phenolic OH excluding ortho intramolecular Hbond substituents is 1. The van der Waals surface area contributed by atoms with Crippen LogP contribution >= 0.6 is 0 Å². The van der Waals surface area contributed by atoms with Gasteiger partial charge in [-0.05, 0) is 36.6 Å². The average Bonchev–Trinajstić information content (AvgIpc) is 2.17. The molecule has 0 saturated carbocycles. The second-order valence-electron chi connectivity index (χ2n) is 3.77. The van der Waals surface area contributed by atoms with Crippen LogP contribution in [0, 0.1) is 0 Å². The third-order valence-electron chi connectivity index (χ3n) is 2.41. The Morgan fingerprint density at radius 2 is 2.07 bits per heavy atom. The summed E-state index contributed by atoms with van der Waals surface area (Å²) in [6, 6.07) is 5.05. The Kier molecular flexibility index (Phi) is 3.13.